The van der Waals surface area contributed by atoms with Gasteiger partial charge >= 0.3 is 0 Å². The van der Waals surface area contributed by atoms with E-state index in [1.807, 2.05) is 0 Å². The van der Waals surface area contributed by atoms with Gasteiger partial charge in [0.05, 0.1) is 0 Å². The standard InChI is InChI=1S/BrH.3FH/h4*1H. The number of hydrogen-bond acceptors (Lipinski definition) is 0. The van der Waals surface area contributed by atoms with Crippen molar-refractivity contribution in [2.24, 2.45) is 0 Å². The van der Waals surface area contributed by atoms with Crippen LogP contribution in [0.3, 0.4) is 0 Å². The lowest BCUT2D eigenvalue weighted by Crippen LogP contribution is 0.419. The zero-order valence-corrected chi connectivity index (χ0v) is 3.35. The van der Waals surface area contributed by atoms with Gasteiger partial charge in [0.1, 0.15) is 0 Å². The van der Waals surface area contributed by atoms with Gasteiger partial charge in [-0.2, -0.15) is 0 Å². The van der Waals surface area contributed by atoms with Crippen LogP contribution >= 0.6 is 17.0 Å². The van der Waals surface area contributed by atoms with Crippen LogP contribution in [0.1, 0.15) is 0 Å². The molecule has 32 valence electrons. The SMILES string of the molecule is Br.F.F.F. The molecular weight excluding hydrogens is 137 g/mol. The number of hydrogen-bond donors (Lipinski definition) is 0. The molecule has 0 rings (SSSR count). The Labute approximate surface area is 32.1 Å². The van der Waals surface area contributed by atoms with Crippen molar-refractivity contribution in [2.45, 2.75) is 0 Å². The van der Waals surface area contributed by atoms with E-state index in [0.29, 0.717) is 0 Å². The average Bonchev–Trinajstić information content (AvgIpc) is 0. The van der Waals surface area contributed by atoms with Crippen molar-refractivity contribution in [1.82, 2.24) is 0 Å². The summed E-state index contributed by atoms with van der Waals surface area (Å²) in [6.07, 6.45) is 0. The molecule has 0 aromatic rings. The van der Waals surface area contributed by atoms with Gasteiger partial charge in [-0.05, 0) is 0 Å². The minimum absolute atomic E-state index is 0. The van der Waals surface area contributed by atoms with Crippen molar-refractivity contribution in [1.29, 1.82) is 0 Å². The predicted octanol–water partition coefficient (Wildman–Crippen LogP) is 1.04. The summed E-state index contributed by atoms with van der Waals surface area (Å²) in [5.74, 6) is 0. The van der Waals surface area contributed by atoms with E-state index >= 15 is 0 Å². The smallest absolute Gasteiger partial charge is 0.114 e. The summed E-state index contributed by atoms with van der Waals surface area (Å²) < 4.78 is 0. The molecule has 0 nitrogen and oxygen atoms in total. The molecule has 0 saturated heterocycles. The summed E-state index contributed by atoms with van der Waals surface area (Å²) in [5.41, 5.74) is 0. The van der Waals surface area contributed by atoms with E-state index in [4.69, 9.17) is 0 Å². The van der Waals surface area contributed by atoms with Crippen LogP contribution in [0.25, 0.3) is 0 Å². The van der Waals surface area contributed by atoms with Crippen LogP contribution in [-0.2, 0) is 0 Å². The van der Waals surface area contributed by atoms with Gasteiger partial charge in [-0.25, -0.2) is 0 Å². The number of rotatable bonds is 0. The third-order valence-corrected chi connectivity index (χ3v) is 0. The average molecular weight is 141 g/mol. The minimum atomic E-state index is 0. The normalized spacial score (nSPS) is 0. The largest absolute Gasteiger partial charge is 0.269 e. The van der Waals surface area contributed by atoms with E-state index in [0.717, 1.165) is 0 Å². The first-order chi connectivity index (χ1) is 0. The molecule has 0 aromatic heterocycles. The van der Waals surface area contributed by atoms with Gasteiger partial charge in [0.15, 0.2) is 0 Å². The van der Waals surface area contributed by atoms with Gasteiger partial charge in [0, 0.05) is 0 Å². The fraction of sp³-hybridized carbons (Fsp3) is 0. The van der Waals surface area contributed by atoms with E-state index < -0.39 is 0 Å². The molecule has 4 heavy (non-hydrogen) atoms. The van der Waals surface area contributed by atoms with Crippen LogP contribution < -0.4 is 0 Å². The Morgan fingerprint density at radius 2 is 0.500 bits per heavy atom. The van der Waals surface area contributed by atoms with E-state index in [9.17, 15) is 0 Å². The minimum Gasteiger partial charge on any atom is -0.269 e. The van der Waals surface area contributed by atoms with Crippen molar-refractivity contribution in [3.05, 3.63) is 0 Å². The molecule has 0 unspecified atom stereocenters. The van der Waals surface area contributed by atoms with Crippen molar-refractivity contribution < 1.29 is 14.1 Å². The van der Waals surface area contributed by atoms with Gasteiger partial charge in [0.25, 0.3) is 0 Å². The maximum atomic E-state index is 0. The molecule has 0 N–H and O–H groups in total. The summed E-state index contributed by atoms with van der Waals surface area (Å²) >= 11 is 0. The predicted molar refractivity (Wildman–Crippen MR) is 17.8 cm³/mol. The fourth-order valence-electron chi connectivity index (χ4n) is 0. The van der Waals surface area contributed by atoms with E-state index in [1.165, 1.54) is 0 Å². The first kappa shape index (κ1) is 626. The second kappa shape index (κ2) is 231. The van der Waals surface area contributed by atoms with Gasteiger partial charge in [-0.15, -0.1) is 17.0 Å². The highest BCUT2D eigenvalue weighted by Crippen LogP contribution is 0.846. The maximum absolute atomic E-state index is 0. The molecule has 0 radical (unpaired) electrons. The zero-order chi connectivity index (χ0) is 0. The van der Waals surface area contributed by atoms with Gasteiger partial charge in [0.2, 0.25) is 0 Å². The Bertz CT molecular complexity index is 3.25. The summed E-state index contributed by atoms with van der Waals surface area (Å²) in [6, 6.07) is 0. The monoisotopic (exact) mass is 140 g/mol. The molecule has 0 spiro atoms. The lowest BCUT2D eigenvalue weighted by Gasteiger charge is -0.270. The highest BCUT2D eigenvalue weighted by molar-refractivity contribution is 8.93. The summed E-state index contributed by atoms with van der Waals surface area (Å²) in [4.78, 5) is 0. The summed E-state index contributed by atoms with van der Waals surface area (Å²) in [7, 11) is 0. The third-order valence-electron chi connectivity index (χ3n) is 0. The summed E-state index contributed by atoms with van der Waals surface area (Å²) in [6.45, 7) is 0. The second-order valence-electron chi connectivity index (χ2n) is 0. The van der Waals surface area contributed by atoms with Crippen molar-refractivity contribution in [3.63, 3.8) is 0 Å². The Kier molecular flexibility index (Phi) is 36200. The molecule has 0 aliphatic heterocycles. The molecule has 0 saturated carbocycles. The quantitative estimate of drug-likeness (QED) is 0.472. The molecule has 0 aliphatic rings. The highest BCUT2D eigenvalue weighted by Gasteiger charge is -0.114. The molecule has 0 atom stereocenters. The molecule has 0 amide bonds. The van der Waals surface area contributed by atoms with Crippen molar-refractivity contribution in [2.75, 3.05) is 0 Å². The van der Waals surface area contributed by atoms with Crippen LogP contribution in [0.2, 0.25) is 0 Å². The Hall–Kier alpha value is 0.270. The number of halogens is 4. The molecule has 4 heteroatoms. The Morgan fingerprint density at radius 3 is 0.500 bits per heavy atom. The Balaban J connectivity index is 0. The van der Waals surface area contributed by atoms with Gasteiger partial charge in [-0.1, -0.05) is 0 Å². The van der Waals surface area contributed by atoms with E-state index in [2.05, 4.69) is 0 Å². The highest BCUT2D eigenvalue weighted by atomic mass is 79.9. The van der Waals surface area contributed by atoms with Crippen LogP contribution in [0.15, 0.2) is 0 Å². The third kappa shape index (κ3) is 50.2. The first-order valence-electron chi connectivity index (χ1n) is 0. The van der Waals surface area contributed by atoms with E-state index in [-0.39, 0.29) is 31.1 Å². The van der Waals surface area contributed by atoms with Crippen LogP contribution in [0.4, 0.5) is 14.1 Å². The molecule has 0 aromatic carbocycles. The topological polar surface area (TPSA) is 0 Å². The van der Waals surface area contributed by atoms with E-state index in [1.54, 1.807) is 0 Å². The van der Waals surface area contributed by atoms with Crippen LogP contribution in [-0.4, -0.2) is 0 Å². The molecular formula is H4BrF3. The first-order valence-corrected chi connectivity index (χ1v) is 0. The van der Waals surface area contributed by atoms with Crippen LogP contribution in [0, 0.1) is 0 Å². The lowest BCUT2D eigenvalue weighted by molar-refractivity contribution is 1.11. The fourth-order valence-corrected chi connectivity index (χ4v) is 0. The van der Waals surface area contributed by atoms with Crippen molar-refractivity contribution in [3.8, 4) is 0 Å². The molecule has 0 fully saturated rings. The van der Waals surface area contributed by atoms with Gasteiger partial charge in [-0.3, -0.25) is 14.1 Å². The van der Waals surface area contributed by atoms with Crippen molar-refractivity contribution >= 4 is 17.0 Å². The van der Waals surface area contributed by atoms with Crippen LogP contribution in [0.5, 0.6) is 0 Å². The molecule has 0 aliphatic carbocycles. The van der Waals surface area contributed by atoms with Gasteiger partial charge < -0.3 is 0 Å². The Morgan fingerprint density at radius 1 is 0.500 bits per heavy atom. The second-order valence-corrected chi connectivity index (χ2v) is 0. The maximum Gasteiger partial charge on any atom is -0.114 e. The molecule has 0 heterocycles. The zero-order valence-electron chi connectivity index (χ0n) is 1.63. The lowest BCUT2D eigenvalue weighted by atomic mass is 19.0. The summed E-state index contributed by atoms with van der Waals surface area (Å²) in [5, 5.41) is 0. The molecule has 0 bridgehead atoms.